The van der Waals surface area contributed by atoms with Crippen LogP contribution in [-0.4, -0.2) is 39.5 Å². The van der Waals surface area contributed by atoms with Crippen molar-refractivity contribution in [1.29, 1.82) is 0 Å². The Balaban J connectivity index is 2.92. The summed E-state index contributed by atoms with van der Waals surface area (Å²) in [5, 5.41) is 0. The standard InChI is InChI=1S/C15H21ClO5/c1-11-8-12(20-7-5-4-6-16)9-13(21-10-18-2)14(11)15(17)19-3/h8-9H,4-7,10H2,1-3H3. The van der Waals surface area contributed by atoms with Gasteiger partial charge in [-0.05, 0) is 31.4 Å². The smallest absolute Gasteiger partial charge is 0.341 e. The van der Waals surface area contributed by atoms with E-state index in [1.807, 2.05) is 0 Å². The minimum atomic E-state index is -0.452. The largest absolute Gasteiger partial charge is 0.493 e. The molecule has 21 heavy (non-hydrogen) atoms. The highest BCUT2D eigenvalue weighted by atomic mass is 35.5. The molecule has 0 bridgehead atoms. The van der Waals surface area contributed by atoms with Gasteiger partial charge in [0.25, 0.3) is 0 Å². The summed E-state index contributed by atoms with van der Waals surface area (Å²) in [4.78, 5) is 11.8. The molecule has 0 fully saturated rings. The Labute approximate surface area is 130 Å². The Kier molecular flexibility index (Phi) is 7.93. The molecule has 0 N–H and O–H groups in total. The zero-order valence-corrected chi connectivity index (χ0v) is 13.4. The highest BCUT2D eigenvalue weighted by Gasteiger charge is 2.18. The van der Waals surface area contributed by atoms with Crippen LogP contribution in [0.2, 0.25) is 0 Å². The molecule has 1 aromatic rings. The number of esters is 1. The first-order chi connectivity index (χ1) is 10.1. The van der Waals surface area contributed by atoms with E-state index < -0.39 is 5.97 Å². The first kappa shape index (κ1) is 17.6. The fraction of sp³-hybridized carbons (Fsp3) is 0.533. The Hall–Kier alpha value is -1.46. The number of alkyl halides is 1. The highest BCUT2D eigenvalue weighted by Crippen LogP contribution is 2.29. The number of carbonyl (C=O) groups is 1. The quantitative estimate of drug-likeness (QED) is 0.303. The van der Waals surface area contributed by atoms with Crippen molar-refractivity contribution in [3.8, 4) is 11.5 Å². The number of carbonyl (C=O) groups excluding carboxylic acids is 1. The van der Waals surface area contributed by atoms with Gasteiger partial charge in [-0.15, -0.1) is 11.6 Å². The van der Waals surface area contributed by atoms with Gasteiger partial charge in [0.15, 0.2) is 6.79 Å². The summed E-state index contributed by atoms with van der Waals surface area (Å²) in [6.45, 7) is 2.41. The van der Waals surface area contributed by atoms with E-state index >= 15 is 0 Å². The number of halogens is 1. The lowest BCUT2D eigenvalue weighted by Crippen LogP contribution is -2.10. The van der Waals surface area contributed by atoms with Crippen LogP contribution in [0.4, 0.5) is 0 Å². The van der Waals surface area contributed by atoms with Gasteiger partial charge in [-0.25, -0.2) is 4.79 Å². The van der Waals surface area contributed by atoms with E-state index in [1.54, 1.807) is 19.1 Å². The van der Waals surface area contributed by atoms with Crippen molar-refractivity contribution in [3.05, 3.63) is 23.3 Å². The van der Waals surface area contributed by atoms with E-state index in [0.717, 1.165) is 18.4 Å². The van der Waals surface area contributed by atoms with Crippen molar-refractivity contribution >= 4 is 17.6 Å². The second-order valence-corrected chi connectivity index (χ2v) is 4.78. The van der Waals surface area contributed by atoms with Crippen molar-refractivity contribution in [1.82, 2.24) is 0 Å². The van der Waals surface area contributed by atoms with Crippen LogP contribution < -0.4 is 9.47 Å². The summed E-state index contributed by atoms with van der Waals surface area (Å²) in [5.41, 5.74) is 1.10. The third kappa shape index (κ3) is 5.44. The third-order valence-corrected chi connectivity index (χ3v) is 3.06. The van der Waals surface area contributed by atoms with E-state index in [0.29, 0.717) is 29.5 Å². The second kappa shape index (κ2) is 9.47. The van der Waals surface area contributed by atoms with Crippen molar-refractivity contribution < 1.29 is 23.7 Å². The van der Waals surface area contributed by atoms with Crippen molar-refractivity contribution in [2.75, 3.05) is 33.5 Å². The van der Waals surface area contributed by atoms with Gasteiger partial charge >= 0.3 is 5.97 Å². The van der Waals surface area contributed by atoms with Crippen LogP contribution in [-0.2, 0) is 9.47 Å². The van der Waals surface area contributed by atoms with Crippen LogP contribution in [0.15, 0.2) is 12.1 Å². The number of benzene rings is 1. The molecule has 0 aliphatic rings. The summed E-state index contributed by atoms with van der Waals surface area (Å²) < 4.78 is 20.7. The first-order valence-corrected chi connectivity index (χ1v) is 7.21. The average Bonchev–Trinajstić information content (AvgIpc) is 2.48. The number of aryl methyl sites for hydroxylation is 1. The molecule has 0 radical (unpaired) electrons. The molecule has 0 heterocycles. The molecule has 0 aliphatic heterocycles. The van der Waals surface area contributed by atoms with Crippen molar-refractivity contribution in [2.24, 2.45) is 0 Å². The maximum Gasteiger partial charge on any atom is 0.341 e. The van der Waals surface area contributed by atoms with Gasteiger partial charge in [0, 0.05) is 19.1 Å². The zero-order chi connectivity index (χ0) is 15.7. The Bertz CT molecular complexity index is 462. The lowest BCUT2D eigenvalue weighted by Gasteiger charge is -2.14. The zero-order valence-electron chi connectivity index (χ0n) is 12.6. The molecule has 0 saturated carbocycles. The molecule has 0 amide bonds. The number of hydrogen-bond acceptors (Lipinski definition) is 5. The van der Waals surface area contributed by atoms with Crippen LogP contribution in [0.1, 0.15) is 28.8 Å². The van der Waals surface area contributed by atoms with Gasteiger partial charge in [-0.2, -0.15) is 0 Å². The molecule has 0 unspecified atom stereocenters. The van der Waals surface area contributed by atoms with Crippen LogP contribution in [0.5, 0.6) is 11.5 Å². The Morgan fingerprint density at radius 3 is 2.57 bits per heavy atom. The molecule has 0 saturated heterocycles. The number of methoxy groups -OCH3 is 2. The van der Waals surface area contributed by atoms with Crippen LogP contribution in [0.25, 0.3) is 0 Å². The van der Waals surface area contributed by atoms with Gasteiger partial charge < -0.3 is 18.9 Å². The van der Waals surface area contributed by atoms with Crippen molar-refractivity contribution in [3.63, 3.8) is 0 Å². The monoisotopic (exact) mass is 316 g/mol. The number of ether oxygens (including phenoxy) is 4. The molecule has 1 rings (SSSR count). The molecule has 0 aliphatic carbocycles. The molecule has 118 valence electrons. The lowest BCUT2D eigenvalue weighted by molar-refractivity contribution is 0.0462. The van der Waals surface area contributed by atoms with E-state index in [4.69, 9.17) is 30.5 Å². The maximum absolute atomic E-state index is 11.8. The fourth-order valence-corrected chi connectivity index (χ4v) is 1.98. The molecule has 1 aromatic carbocycles. The molecule has 0 atom stereocenters. The summed E-state index contributed by atoms with van der Waals surface area (Å²) in [5.74, 6) is 1.19. The summed E-state index contributed by atoms with van der Waals surface area (Å²) in [7, 11) is 2.84. The van der Waals surface area contributed by atoms with Crippen LogP contribution >= 0.6 is 11.6 Å². The molecular weight excluding hydrogens is 296 g/mol. The van der Waals surface area contributed by atoms with Crippen LogP contribution in [0, 0.1) is 6.92 Å². The van der Waals surface area contributed by atoms with Gasteiger partial charge in [0.2, 0.25) is 0 Å². The lowest BCUT2D eigenvalue weighted by atomic mass is 10.1. The van der Waals surface area contributed by atoms with Crippen LogP contribution in [0.3, 0.4) is 0 Å². The topological polar surface area (TPSA) is 54.0 Å². The maximum atomic E-state index is 11.8. The Morgan fingerprint density at radius 1 is 1.19 bits per heavy atom. The van der Waals surface area contributed by atoms with Gasteiger partial charge in [0.1, 0.15) is 17.1 Å². The summed E-state index contributed by atoms with van der Waals surface area (Å²) in [6, 6.07) is 3.45. The van der Waals surface area contributed by atoms with E-state index in [-0.39, 0.29) is 6.79 Å². The molecular formula is C15H21ClO5. The van der Waals surface area contributed by atoms with E-state index in [2.05, 4.69) is 0 Å². The Morgan fingerprint density at radius 2 is 1.95 bits per heavy atom. The van der Waals surface area contributed by atoms with E-state index in [9.17, 15) is 4.79 Å². The molecule has 6 heteroatoms. The number of rotatable bonds is 9. The predicted molar refractivity (Wildman–Crippen MR) is 80.5 cm³/mol. The first-order valence-electron chi connectivity index (χ1n) is 6.67. The minimum Gasteiger partial charge on any atom is -0.493 e. The summed E-state index contributed by atoms with van der Waals surface area (Å²) in [6.07, 6.45) is 1.77. The molecule has 0 spiro atoms. The van der Waals surface area contributed by atoms with E-state index in [1.165, 1.54) is 14.2 Å². The molecule has 5 nitrogen and oxygen atoms in total. The SMILES string of the molecule is COCOc1cc(OCCCCCl)cc(C)c1C(=O)OC. The average molecular weight is 317 g/mol. The number of unbranched alkanes of at least 4 members (excludes halogenated alkanes) is 1. The second-order valence-electron chi connectivity index (χ2n) is 4.40. The van der Waals surface area contributed by atoms with Gasteiger partial charge in [-0.1, -0.05) is 0 Å². The third-order valence-electron chi connectivity index (χ3n) is 2.79. The highest BCUT2D eigenvalue weighted by molar-refractivity contribution is 6.17. The summed E-state index contributed by atoms with van der Waals surface area (Å²) >= 11 is 5.62. The minimum absolute atomic E-state index is 0.0408. The molecule has 0 aromatic heterocycles. The van der Waals surface area contributed by atoms with Crippen molar-refractivity contribution in [2.45, 2.75) is 19.8 Å². The van der Waals surface area contributed by atoms with Gasteiger partial charge in [0.05, 0.1) is 13.7 Å². The fourth-order valence-electron chi connectivity index (χ4n) is 1.79. The van der Waals surface area contributed by atoms with Gasteiger partial charge in [-0.3, -0.25) is 0 Å². The number of hydrogen-bond donors (Lipinski definition) is 0. The normalized spacial score (nSPS) is 10.3. The predicted octanol–water partition coefficient (Wildman–Crippen LogP) is 3.16.